The fraction of sp³-hybridized carbons (Fsp3) is 0.533. The second kappa shape index (κ2) is 5.34. The number of hydrogen-bond acceptors (Lipinski definition) is 2. The van der Waals surface area contributed by atoms with Gasteiger partial charge in [-0.3, -0.25) is 4.79 Å². The van der Waals surface area contributed by atoms with Crippen LogP contribution in [0.15, 0.2) is 18.2 Å². The number of benzene rings is 1. The third-order valence-corrected chi connectivity index (χ3v) is 4.84. The molecule has 2 aliphatic rings. The molecule has 2 aliphatic heterocycles. The summed E-state index contributed by atoms with van der Waals surface area (Å²) in [7, 11) is 0. The van der Waals surface area contributed by atoms with Crippen LogP contribution < -0.4 is 5.32 Å². The van der Waals surface area contributed by atoms with E-state index in [0.29, 0.717) is 23.5 Å². The summed E-state index contributed by atoms with van der Waals surface area (Å²) in [6, 6.07) is 4.23. The summed E-state index contributed by atoms with van der Waals surface area (Å²) in [6.45, 7) is 3.54. The first-order chi connectivity index (χ1) is 9.60. The molecule has 0 bridgehead atoms. The number of amides is 1. The van der Waals surface area contributed by atoms with Crippen LogP contribution in [0.3, 0.4) is 0 Å². The summed E-state index contributed by atoms with van der Waals surface area (Å²) in [5, 5.41) is 3.71. The molecule has 0 saturated carbocycles. The fourth-order valence-corrected chi connectivity index (χ4v) is 3.40. The quantitative estimate of drug-likeness (QED) is 0.864. The topological polar surface area (TPSA) is 32.3 Å². The van der Waals surface area contributed by atoms with Crippen molar-refractivity contribution in [2.24, 2.45) is 5.41 Å². The molecule has 3 nitrogen and oxygen atoms in total. The minimum atomic E-state index is -0.537. The average molecular weight is 297 g/mol. The number of hydrogen-bond donors (Lipinski definition) is 1. The molecule has 0 aromatic heterocycles. The van der Waals surface area contributed by atoms with Crippen LogP contribution in [-0.4, -0.2) is 37.0 Å². The Kier molecular flexibility index (Phi) is 3.69. The maximum atomic E-state index is 13.8. The molecule has 1 amide bonds. The molecule has 2 fully saturated rings. The number of carbonyl (C=O) groups excluding carboxylic acids is 1. The monoisotopic (exact) mass is 296 g/mol. The van der Waals surface area contributed by atoms with E-state index in [-0.39, 0.29) is 11.5 Å². The van der Waals surface area contributed by atoms with Gasteiger partial charge in [-0.1, -0.05) is 11.6 Å². The van der Waals surface area contributed by atoms with Crippen LogP contribution in [0.1, 0.15) is 29.6 Å². The normalized spacial score (nSPS) is 21.4. The van der Waals surface area contributed by atoms with Gasteiger partial charge in [0, 0.05) is 24.7 Å². The number of carbonyl (C=O) groups is 1. The van der Waals surface area contributed by atoms with Gasteiger partial charge in [-0.05, 0) is 49.4 Å². The van der Waals surface area contributed by atoms with Crippen LogP contribution >= 0.6 is 11.6 Å². The molecule has 1 aromatic carbocycles. The van der Waals surface area contributed by atoms with E-state index in [2.05, 4.69) is 5.32 Å². The number of piperidine rings is 1. The summed E-state index contributed by atoms with van der Waals surface area (Å²) in [6.07, 6.45) is 3.19. The molecular weight excluding hydrogens is 279 g/mol. The van der Waals surface area contributed by atoms with Gasteiger partial charge in [-0.25, -0.2) is 4.39 Å². The predicted octanol–water partition coefficient (Wildman–Crippen LogP) is 2.69. The molecule has 1 spiro atoms. The highest BCUT2D eigenvalue weighted by Gasteiger charge is 2.38. The van der Waals surface area contributed by atoms with Crippen LogP contribution in [0.4, 0.5) is 4.39 Å². The molecular formula is C15H18ClFN2O. The zero-order valence-corrected chi connectivity index (χ0v) is 12.0. The molecule has 2 saturated heterocycles. The zero-order chi connectivity index (χ0) is 14.2. The number of rotatable bonds is 1. The minimum Gasteiger partial charge on any atom is -0.339 e. The van der Waals surface area contributed by atoms with Crippen LogP contribution in [0, 0.1) is 11.2 Å². The Morgan fingerprint density at radius 3 is 2.65 bits per heavy atom. The average Bonchev–Trinajstić information content (AvgIpc) is 2.87. The van der Waals surface area contributed by atoms with Gasteiger partial charge in [0.05, 0.1) is 5.56 Å². The van der Waals surface area contributed by atoms with Crippen molar-refractivity contribution < 1.29 is 9.18 Å². The van der Waals surface area contributed by atoms with E-state index in [1.54, 1.807) is 11.0 Å². The third-order valence-electron chi connectivity index (χ3n) is 4.60. The van der Waals surface area contributed by atoms with Crippen molar-refractivity contribution in [3.63, 3.8) is 0 Å². The van der Waals surface area contributed by atoms with Crippen molar-refractivity contribution in [2.45, 2.75) is 19.3 Å². The van der Waals surface area contributed by atoms with Crippen LogP contribution in [0.5, 0.6) is 0 Å². The SMILES string of the molecule is O=C(c1ccc(Cl)cc1F)N1CCC2(CCNC2)CC1. The standard InChI is InChI=1S/C15H18ClFN2O/c16-11-1-2-12(13(17)9-11)14(20)19-7-4-15(5-8-19)3-6-18-10-15/h1-2,9,18H,3-8,10H2. The van der Waals surface area contributed by atoms with Gasteiger partial charge in [0.1, 0.15) is 5.82 Å². The van der Waals surface area contributed by atoms with Gasteiger partial charge in [0.15, 0.2) is 0 Å². The molecule has 5 heteroatoms. The van der Waals surface area contributed by atoms with Crippen molar-refractivity contribution >= 4 is 17.5 Å². The van der Waals surface area contributed by atoms with E-state index < -0.39 is 5.82 Å². The van der Waals surface area contributed by atoms with Crippen molar-refractivity contribution in [1.29, 1.82) is 0 Å². The Labute approximate surface area is 123 Å². The highest BCUT2D eigenvalue weighted by Crippen LogP contribution is 2.37. The second-order valence-electron chi connectivity index (χ2n) is 5.84. The Bertz CT molecular complexity index is 519. The number of likely N-dealkylation sites (tertiary alicyclic amines) is 1. The van der Waals surface area contributed by atoms with Gasteiger partial charge >= 0.3 is 0 Å². The van der Waals surface area contributed by atoms with Gasteiger partial charge < -0.3 is 10.2 Å². The first kappa shape index (κ1) is 13.8. The maximum Gasteiger partial charge on any atom is 0.256 e. The highest BCUT2D eigenvalue weighted by molar-refractivity contribution is 6.30. The third kappa shape index (κ3) is 2.54. The number of nitrogens with one attached hydrogen (secondary N) is 1. The first-order valence-corrected chi connectivity index (χ1v) is 7.43. The molecule has 20 heavy (non-hydrogen) atoms. The lowest BCUT2D eigenvalue weighted by molar-refractivity contribution is 0.0603. The lowest BCUT2D eigenvalue weighted by Gasteiger charge is -2.38. The van der Waals surface area contributed by atoms with Crippen molar-refractivity contribution in [1.82, 2.24) is 10.2 Å². The molecule has 0 atom stereocenters. The molecule has 0 aliphatic carbocycles. The van der Waals surface area contributed by atoms with Gasteiger partial charge in [0.2, 0.25) is 0 Å². The minimum absolute atomic E-state index is 0.120. The maximum absolute atomic E-state index is 13.8. The van der Waals surface area contributed by atoms with E-state index in [4.69, 9.17) is 11.6 Å². The largest absolute Gasteiger partial charge is 0.339 e. The number of nitrogens with zero attached hydrogens (tertiary/aromatic N) is 1. The molecule has 2 heterocycles. The van der Waals surface area contributed by atoms with Crippen LogP contribution in [0.2, 0.25) is 5.02 Å². The Morgan fingerprint density at radius 2 is 2.05 bits per heavy atom. The zero-order valence-electron chi connectivity index (χ0n) is 11.3. The second-order valence-corrected chi connectivity index (χ2v) is 6.28. The fourth-order valence-electron chi connectivity index (χ4n) is 3.24. The lowest BCUT2D eigenvalue weighted by atomic mass is 9.78. The smallest absolute Gasteiger partial charge is 0.256 e. The van der Waals surface area contributed by atoms with E-state index in [9.17, 15) is 9.18 Å². The van der Waals surface area contributed by atoms with Gasteiger partial charge in [-0.2, -0.15) is 0 Å². The van der Waals surface area contributed by atoms with Gasteiger partial charge in [0.25, 0.3) is 5.91 Å². The van der Waals surface area contributed by atoms with Gasteiger partial charge in [-0.15, -0.1) is 0 Å². The van der Waals surface area contributed by atoms with Crippen molar-refractivity contribution in [3.8, 4) is 0 Å². The first-order valence-electron chi connectivity index (χ1n) is 7.05. The van der Waals surface area contributed by atoms with Crippen LogP contribution in [0.25, 0.3) is 0 Å². The van der Waals surface area contributed by atoms with E-state index in [1.807, 2.05) is 0 Å². The highest BCUT2D eigenvalue weighted by atomic mass is 35.5. The molecule has 1 N–H and O–H groups in total. The lowest BCUT2D eigenvalue weighted by Crippen LogP contribution is -2.44. The van der Waals surface area contributed by atoms with E-state index in [0.717, 1.165) is 25.9 Å². The Hall–Kier alpha value is -1.13. The summed E-state index contributed by atoms with van der Waals surface area (Å²) in [5.74, 6) is -0.759. The molecule has 0 unspecified atom stereocenters. The summed E-state index contributed by atoms with van der Waals surface area (Å²) in [4.78, 5) is 14.1. The molecule has 0 radical (unpaired) electrons. The van der Waals surface area contributed by atoms with E-state index >= 15 is 0 Å². The van der Waals surface area contributed by atoms with Crippen LogP contribution in [-0.2, 0) is 0 Å². The molecule has 108 valence electrons. The Morgan fingerprint density at radius 1 is 1.30 bits per heavy atom. The Balaban J connectivity index is 1.69. The summed E-state index contributed by atoms with van der Waals surface area (Å²) >= 11 is 5.72. The predicted molar refractivity (Wildman–Crippen MR) is 76.5 cm³/mol. The van der Waals surface area contributed by atoms with E-state index in [1.165, 1.54) is 18.6 Å². The number of halogens is 2. The van der Waals surface area contributed by atoms with Crippen molar-refractivity contribution in [3.05, 3.63) is 34.6 Å². The summed E-state index contributed by atoms with van der Waals surface area (Å²) in [5.41, 5.74) is 0.477. The molecule has 1 aromatic rings. The van der Waals surface area contributed by atoms with Crippen molar-refractivity contribution in [2.75, 3.05) is 26.2 Å². The summed E-state index contributed by atoms with van der Waals surface area (Å²) < 4.78 is 13.8. The molecule has 3 rings (SSSR count).